The van der Waals surface area contributed by atoms with E-state index in [0.29, 0.717) is 13.0 Å². The highest BCUT2D eigenvalue weighted by atomic mass is 16.4. The fraction of sp³-hybridized carbons (Fsp3) is 0.583. The lowest BCUT2D eigenvalue weighted by Gasteiger charge is -2.28. The Labute approximate surface area is 100 Å². The second-order valence-electron chi connectivity index (χ2n) is 4.86. The number of carboxylic acids is 1. The predicted molar refractivity (Wildman–Crippen MR) is 63.8 cm³/mol. The van der Waals surface area contributed by atoms with E-state index in [2.05, 4.69) is 9.97 Å². The Morgan fingerprint density at radius 2 is 2.35 bits per heavy atom. The summed E-state index contributed by atoms with van der Waals surface area (Å²) in [5.41, 5.74) is -0.648. The largest absolute Gasteiger partial charge is 0.481 e. The van der Waals surface area contributed by atoms with Crippen molar-refractivity contribution in [3.8, 4) is 0 Å². The fourth-order valence-electron chi connectivity index (χ4n) is 2.39. The minimum Gasteiger partial charge on any atom is -0.481 e. The van der Waals surface area contributed by atoms with E-state index in [0.717, 1.165) is 12.4 Å². The van der Waals surface area contributed by atoms with E-state index < -0.39 is 11.4 Å². The number of hydrogen-bond acceptors (Lipinski definition) is 4. The molecule has 0 aromatic carbocycles. The molecule has 1 fully saturated rings. The van der Waals surface area contributed by atoms with Gasteiger partial charge in [-0.3, -0.25) is 4.79 Å². The number of hydrogen-bond donors (Lipinski definition) is 1. The van der Waals surface area contributed by atoms with Crippen LogP contribution in [0.2, 0.25) is 0 Å². The van der Waals surface area contributed by atoms with Gasteiger partial charge in [0.25, 0.3) is 0 Å². The van der Waals surface area contributed by atoms with Crippen molar-refractivity contribution in [3.05, 3.63) is 18.6 Å². The molecular formula is C12H17N3O2. The first-order valence-corrected chi connectivity index (χ1v) is 5.80. The molecule has 17 heavy (non-hydrogen) atoms. The van der Waals surface area contributed by atoms with Crippen molar-refractivity contribution in [3.63, 3.8) is 0 Å². The van der Waals surface area contributed by atoms with E-state index in [9.17, 15) is 9.90 Å². The van der Waals surface area contributed by atoms with Crippen LogP contribution in [0.15, 0.2) is 18.6 Å². The molecule has 92 valence electrons. The predicted octanol–water partition coefficient (Wildman–Crippen LogP) is 1.41. The van der Waals surface area contributed by atoms with E-state index in [1.807, 2.05) is 24.8 Å². The second-order valence-corrected chi connectivity index (χ2v) is 4.86. The molecule has 0 radical (unpaired) electrons. The van der Waals surface area contributed by atoms with Gasteiger partial charge in [-0.15, -0.1) is 0 Å². The molecule has 0 spiro atoms. The van der Waals surface area contributed by atoms with Gasteiger partial charge in [0.05, 0.1) is 5.41 Å². The molecule has 2 heterocycles. The Hall–Kier alpha value is -1.65. The van der Waals surface area contributed by atoms with Gasteiger partial charge >= 0.3 is 5.97 Å². The van der Waals surface area contributed by atoms with Gasteiger partial charge in [-0.2, -0.15) is 0 Å². The lowest BCUT2D eigenvalue weighted by atomic mass is 9.76. The van der Waals surface area contributed by atoms with E-state index >= 15 is 0 Å². The molecule has 1 atom stereocenters. The first kappa shape index (κ1) is 11.8. The maximum Gasteiger partial charge on any atom is 0.311 e. The van der Waals surface area contributed by atoms with Crippen LogP contribution in [0.4, 0.5) is 5.82 Å². The van der Waals surface area contributed by atoms with Crippen molar-refractivity contribution in [1.82, 2.24) is 9.97 Å². The van der Waals surface area contributed by atoms with Crippen molar-refractivity contribution < 1.29 is 9.90 Å². The average Bonchev–Trinajstić information content (AvgIpc) is 2.76. The van der Waals surface area contributed by atoms with Gasteiger partial charge in [0, 0.05) is 19.3 Å². The molecule has 0 aliphatic carbocycles. The standard InChI is InChI=1S/C12H17N3O2/c1-9(2)12(11(16)17)4-6-15(7-12)10-3-5-13-8-14-10/h3,5,8-9H,4,6-7H2,1-2H3,(H,16,17). The normalized spacial score (nSPS) is 24.3. The summed E-state index contributed by atoms with van der Waals surface area (Å²) in [7, 11) is 0. The van der Waals surface area contributed by atoms with Crippen LogP contribution in [0.5, 0.6) is 0 Å². The number of carboxylic acid groups (broad SMARTS) is 1. The summed E-state index contributed by atoms with van der Waals surface area (Å²) in [4.78, 5) is 21.5. The maximum atomic E-state index is 11.5. The third-order valence-electron chi connectivity index (χ3n) is 3.72. The zero-order chi connectivity index (χ0) is 12.5. The van der Waals surface area contributed by atoms with Crippen molar-refractivity contribution >= 4 is 11.8 Å². The van der Waals surface area contributed by atoms with Crippen LogP contribution in [0, 0.1) is 11.3 Å². The summed E-state index contributed by atoms with van der Waals surface area (Å²) in [5.74, 6) is 0.222. The van der Waals surface area contributed by atoms with Crippen molar-refractivity contribution in [2.45, 2.75) is 20.3 Å². The van der Waals surface area contributed by atoms with Crippen molar-refractivity contribution in [1.29, 1.82) is 0 Å². The Morgan fingerprint density at radius 1 is 1.59 bits per heavy atom. The van der Waals surface area contributed by atoms with Crippen LogP contribution in [0.1, 0.15) is 20.3 Å². The molecule has 0 amide bonds. The monoisotopic (exact) mass is 235 g/mol. The molecule has 5 heteroatoms. The number of rotatable bonds is 3. The number of aliphatic carboxylic acids is 1. The molecule has 1 saturated heterocycles. The van der Waals surface area contributed by atoms with Crippen LogP contribution in [-0.2, 0) is 4.79 Å². The lowest BCUT2D eigenvalue weighted by molar-refractivity contribution is -0.150. The lowest BCUT2D eigenvalue weighted by Crippen LogP contribution is -2.39. The zero-order valence-corrected chi connectivity index (χ0v) is 10.1. The summed E-state index contributed by atoms with van der Waals surface area (Å²) >= 11 is 0. The SMILES string of the molecule is CC(C)C1(C(=O)O)CCN(c2ccncn2)C1. The molecule has 5 nitrogen and oxygen atoms in total. The summed E-state index contributed by atoms with van der Waals surface area (Å²) in [6.45, 7) is 5.20. The van der Waals surface area contributed by atoms with Gasteiger partial charge in [0.1, 0.15) is 12.1 Å². The van der Waals surface area contributed by atoms with Crippen LogP contribution >= 0.6 is 0 Å². The molecule has 1 aromatic heterocycles. The molecule has 1 unspecified atom stereocenters. The highest BCUT2D eigenvalue weighted by Gasteiger charge is 2.47. The molecule has 0 bridgehead atoms. The van der Waals surface area contributed by atoms with Gasteiger partial charge in [0.15, 0.2) is 0 Å². The molecule has 1 aromatic rings. The highest BCUT2D eigenvalue weighted by Crippen LogP contribution is 2.39. The van der Waals surface area contributed by atoms with Gasteiger partial charge in [-0.1, -0.05) is 13.8 Å². The Morgan fingerprint density at radius 3 is 2.82 bits per heavy atom. The molecule has 1 aliphatic heterocycles. The summed E-state index contributed by atoms with van der Waals surface area (Å²) in [5, 5.41) is 9.44. The van der Waals surface area contributed by atoms with Crippen LogP contribution in [0.25, 0.3) is 0 Å². The number of aromatic nitrogens is 2. The van der Waals surface area contributed by atoms with Crippen LogP contribution < -0.4 is 4.90 Å². The molecule has 1 N–H and O–H groups in total. The van der Waals surface area contributed by atoms with Gasteiger partial charge in [0.2, 0.25) is 0 Å². The summed E-state index contributed by atoms with van der Waals surface area (Å²) in [6.07, 6.45) is 3.84. The average molecular weight is 235 g/mol. The molecule has 1 aliphatic rings. The topological polar surface area (TPSA) is 66.3 Å². The third kappa shape index (κ3) is 1.97. The van der Waals surface area contributed by atoms with Crippen LogP contribution in [-0.4, -0.2) is 34.1 Å². The minimum absolute atomic E-state index is 0.117. The first-order chi connectivity index (χ1) is 8.06. The second kappa shape index (κ2) is 4.31. The Balaban J connectivity index is 2.21. The molecule has 0 saturated carbocycles. The minimum atomic E-state index is -0.705. The van der Waals surface area contributed by atoms with Crippen molar-refractivity contribution in [2.24, 2.45) is 11.3 Å². The fourth-order valence-corrected chi connectivity index (χ4v) is 2.39. The van der Waals surface area contributed by atoms with E-state index in [4.69, 9.17) is 0 Å². The highest BCUT2D eigenvalue weighted by molar-refractivity contribution is 5.77. The van der Waals surface area contributed by atoms with E-state index in [1.54, 1.807) is 6.20 Å². The van der Waals surface area contributed by atoms with Gasteiger partial charge in [-0.05, 0) is 18.4 Å². The molecule has 2 rings (SSSR count). The van der Waals surface area contributed by atoms with E-state index in [1.165, 1.54) is 6.33 Å². The summed E-state index contributed by atoms with van der Waals surface area (Å²) < 4.78 is 0. The van der Waals surface area contributed by atoms with E-state index in [-0.39, 0.29) is 5.92 Å². The smallest absolute Gasteiger partial charge is 0.311 e. The number of anilines is 1. The van der Waals surface area contributed by atoms with Crippen molar-refractivity contribution in [2.75, 3.05) is 18.0 Å². The summed E-state index contributed by atoms with van der Waals surface area (Å²) in [6, 6.07) is 1.82. The quantitative estimate of drug-likeness (QED) is 0.858. The zero-order valence-electron chi connectivity index (χ0n) is 10.1. The van der Waals surface area contributed by atoms with Gasteiger partial charge < -0.3 is 10.0 Å². The Kier molecular flexibility index (Phi) is 3.00. The Bertz CT molecular complexity index is 407. The maximum absolute atomic E-state index is 11.5. The number of carbonyl (C=O) groups is 1. The number of nitrogens with zero attached hydrogens (tertiary/aromatic N) is 3. The first-order valence-electron chi connectivity index (χ1n) is 5.80. The van der Waals surface area contributed by atoms with Gasteiger partial charge in [-0.25, -0.2) is 9.97 Å². The van der Waals surface area contributed by atoms with Crippen LogP contribution in [0.3, 0.4) is 0 Å². The molecular weight excluding hydrogens is 218 g/mol. The third-order valence-corrected chi connectivity index (χ3v) is 3.72.